The third-order valence-electron chi connectivity index (χ3n) is 8.33. The van der Waals surface area contributed by atoms with Gasteiger partial charge < -0.3 is 9.84 Å². The molecule has 1 N–H and O–H groups in total. The lowest BCUT2D eigenvalue weighted by molar-refractivity contribution is -0.141. The number of carboxylic acid groups (broad SMARTS) is 1. The number of carbonyl (C=O) groups excluding carboxylic acids is 2. The van der Waals surface area contributed by atoms with Crippen LogP contribution in [0.5, 0.6) is 0 Å². The molecule has 10 heteroatoms. The second-order valence-corrected chi connectivity index (χ2v) is 12.1. The first-order valence-electron chi connectivity index (χ1n) is 14.3. The van der Waals surface area contributed by atoms with Crippen molar-refractivity contribution in [3.8, 4) is 22.4 Å². The van der Waals surface area contributed by atoms with Crippen molar-refractivity contribution in [2.75, 3.05) is 30.1 Å². The van der Waals surface area contributed by atoms with E-state index in [-0.39, 0.29) is 24.3 Å². The largest absolute Gasteiger partial charge is 0.481 e. The summed E-state index contributed by atoms with van der Waals surface area (Å²) in [7, 11) is 1.76. The van der Waals surface area contributed by atoms with Crippen molar-refractivity contribution in [1.29, 1.82) is 0 Å². The number of anilines is 2. The SMILES string of the molecule is CN1C(=O)CCc2cc(-c3ccccc3-c3csc(N(C(=O)C(CC(=O)O)CC4CCOCC4)C4CC4)n3)cnc21. The normalized spacial score (nSPS) is 18.2. The highest BCUT2D eigenvalue weighted by Crippen LogP contribution is 2.40. The van der Waals surface area contributed by atoms with Gasteiger partial charge >= 0.3 is 5.97 Å². The summed E-state index contributed by atoms with van der Waals surface area (Å²) in [6.07, 6.45) is 6.81. The summed E-state index contributed by atoms with van der Waals surface area (Å²) in [6.45, 7) is 1.32. The maximum Gasteiger partial charge on any atom is 0.304 e. The van der Waals surface area contributed by atoms with Gasteiger partial charge in [-0.15, -0.1) is 11.3 Å². The number of hydrogen-bond donors (Lipinski definition) is 1. The number of carboxylic acids is 1. The molecule has 9 nitrogen and oxygen atoms in total. The van der Waals surface area contributed by atoms with Crippen LogP contribution in [-0.4, -0.2) is 59.2 Å². The lowest BCUT2D eigenvalue weighted by Crippen LogP contribution is -2.40. The van der Waals surface area contributed by atoms with Gasteiger partial charge in [0.05, 0.1) is 12.1 Å². The number of benzene rings is 1. The highest BCUT2D eigenvalue weighted by molar-refractivity contribution is 7.14. The molecule has 1 saturated carbocycles. The maximum atomic E-state index is 13.9. The van der Waals surface area contributed by atoms with Crippen LogP contribution in [0.25, 0.3) is 22.4 Å². The molecule has 1 unspecified atom stereocenters. The summed E-state index contributed by atoms with van der Waals surface area (Å²) in [5, 5.41) is 12.2. The zero-order valence-electron chi connectivity index (χ0n) is 23.1. The lowest BCUT2D eigenvalue weighted by atomic mass is 9.86. The van der Waals surface area contributed by atoms with Crippen LogP contribution in [0.15, 0.2) is 41.9 Å². The van der Waals surface area contributed by atoms with Crippen LogP contribution in [-0.2, 0) is 25.5 Å². The first-order chi connectivity index (χ1) is 19.9. The molecule has 4 heterocycles. The van der Waals surface area contributed by atoms with Gasteiger partial charge in [-0.2, -0.15) is 0 Å². The smallest absolute Gasteiger partial charge is 0.304 e. The summed E-state index contributed by atoms with van der Waals surface area (Å²) in [4.78, 5) is 50.7. The summed E-state index contributed by atoms with van der Waals surface area (Å²) in [6, 6.07) is 10.2. The van der Waals surface area contributed by atoms with Crippen LogP contribution < -0.4 is 9.80 Å². The Balaban J connectivity index is 1.29. The first kappa shape index (κ1) is 27.5. The lowest BCUT2D eigenvalue weighted by Gasteiger charge is -2.29. The highest BCUT2D eigenvalue weighted by atomic mass is 32.1. The summed E-state index contributed by atoms with van der Waals surface area (Å²) in [5.74, 6) is -0.598. The Bertz CT molecular complexity index is 1460. The van der Waals surface area contributed by atoms with Crippen LogP contribution in [0.3, 0.4) is 0 Å². The van der Waals surface area contributed by atoms with Crippen molar-refractivity contribution in [1.82, 2.24) is 9.97 Å². The first-order valence-corrected chi connectivity index (χ1v) is 15.2. The number of fused-ring (bicyclic) bond motifs is 1. The van der Waals surface area contributed by atoms with Crippen molar-refractivity contribution in [3.05, 3.63) is 47.5 Å². The Hall–Kier alpha value is -3.63. The van der Waals surface area contributed by atoms with Gasteiger partial charge in [0.15, 0.2) is 5.13 Å². The fourth-order valence-electron chi connectivity index (χ4n) is 5.95. The molecular formula is C31H34N4O5S. The van der Waals surface area contributed by atoms with Gasteiger partial charge in [0, 0.05) is 61.3 Å². The third kappa shape index (κ3) is 5.90. The van der Waals surface area contributed by atoms with Gasteiger partial charge in [-0.25, -0.2) is 9.97 Å². The molecule has 1 saturated heterocycles. The summed E-state index contributed by atoms with van der Waals surface area (Å²) in [5.41, 5.74) is 4.67. The van der Waals surface area contributed by atoms with E-state index in [1.165, 1.54) is 11.3 Å². The van der Waals surface area contributed by atoms with E-state index >= 15 is 0 Å². The summed E-state index contributed by atoms with van der Waals surface area (Å²) >= 11 is 1.43. The molecule has 0 spiro atoms. The number of nitrogens with zero attached hydrogens (tertiary/aromatic N) is 4. The van der Waals surface area contributed by atoms with E-state index in [4.69, 9.17) is 9.72 Å². The molecule has 0 bridgehead atoms. The number of hydrogen-bond acceptors (Lipinski definition) is 7. The molecule has 1 aromatic carbocycles. The summed E-state index contributed by atoms with van der Waals surface area (Å²) < 4.78 is 5.47. The zero-order valence-corrected chi connectivity index (χ0v) is 23.9. The minimum atomic E-state index is -0.950. The van der Waals surface area contributed by atoms with Gasteiger partial charge in [-0.1, -0.05) is 24.3 Å². The minimum Gasteiger partial charge on any atom is -0.481 e. The number of rotatable bonds is 9. The van der Waals surface area contributed by atoms with Crippen LogP contribution >= 0.6 is 11.3 Å². The standard InChI is InChI=1S/C31H34N4O5S/c1-34-27(36)9-6-20-15-22(17-32-29(20)34)24-4-2-3-5-25(24)26-18-41-31(33-26)35(23-7-8-23)30(39)21(16-28(37)38)14-19-10-12-40-13-11-19/h2-5,15,17-19,21,23H,6-14,16H2,1H3,(H,37,38). The highest BCUT2D eigenvalue weighted by Gasteiger charge is 2.40. The van der Waals surface area contributed by atoms with E-state index in [1.54, 1.807) is 23.0 Å². The average Bonchev–Trinajstić information content (AvgIpc) is 3.70. The molecule has 2 aliphatic heterocycles. The van der Waals surface area contributed by atoms with Crippen LogP contribution in [0.2, 0.25) is 0 Å². The number of carbonyl (C=O) groups is 3. The van der Waals surface area contributed by atoms with Crippen LogP contribution in [0, 0.1) is 11.8 Å². The van der Waals surface area contributed by atoms with Crippen LogP contribution in [0.4, 0.5) is 10.9 Å². The second-order valence-electron chi connectivity index (χ2n) is 11.2. The molecule has 2 amide bonds. The van der Waals surface area contributed by atoms with E-state index in [0.29, 0.717) is 49.3 Å². The fraction of sp³-hybridized carbons (Fsp3) is 0.452. The van der Waals surface area contributed by atoms with Gasteiger partial charge in [-0.05, 0) is 61.6 Å². The molecular weight excluding hydrogens is 540 g/mol. The van der Waals surface area contributed by atoms with Crippen molar-refractivity contribution in [3.63, 3.8) is 0 Å². The molecule has 2 aromatic heterocycles. The third-order valence-corrected chi connectivity index (χ3v) is 9.17. The molecule has 2 fully saturated rings. The quantitative estimate of drug-likeness (QED) is 0.375. The maximum absolute atomic E-state index is 13.9. The number of ether oxygens (including phenoxy) is 1. The molecule has 6 rings (SSSR count). The van der Waals surface area contributed by atoms with Gasteiger partial charge in [0.25, 0.3) is 0 Å². The molecule has 3 aliphatic rings. The fourth-order valence-corrected chi connectivity index (χ4v) is 6.85. The van der Waals surface area contributed by atoms with Gasteiger partial charge in [-0.3, -0.25) is 24.2 Å². The second kappa shape index (κ2) is 11.7. The molecule has 214 valence electrons. The molecule has 3 aromatic rings. The Labute approximate surface area is 243 Å². The van der Waals surface area contributed by atoms with E-state index in [2.05, 4.69) is 11.1 Å². The zero-order chi connectivity index (χ0) is 28.5. The molecule has 0 radical (unpaired) electrons. The minimum absolute atomic E-state index is 0.0623. The number of thiazole rings is 1. The number of aryl methyl sites for hydroxylation is 1. The van der Waals surface area contributed by atoms with E-state index in [1.807, 2.05) is 29.6 Å². The number of aromatic nitrogens is 2. The Morgan fingerprint density at radius 3 is 2.63 bits per heavy atom. The average molecular weight is 575 g/mol. The Morgan fingerprint density at radius 2 is 1.90 bits per heavy atom. The van der Waals surface area contributed by atoms with Crippen molar-refractivity contribution >= 4 is 40.1 Å². The van der Waals surface area contributed by atoms with Gasteiger partial charge in [0.2, 0.25) is 11.8 Å². The Kier molecular flexibility index (Phi) is 7.86. The van der Waals surface area contributed by atoms with E-state index in [0.717, 1.165) is 53.6 Å². The van der Waals surface area contributed by atoms with Crippen molar-refractivity contribution in [2.24, 2.45) is 11.8 Å². The molecule has 41 heavy (non-hydrogen) atoms. The molecule has 1 aliphatic carbocycles. The molecule has 1 atom stereocenters. The van der Waals surface area contributed by atoms with Crippen LogP contribution in [0.1, 0.15) is 50.5 Å². The van der Waals surface area contributed by atoms with E-state index < -0.39 is 11.9 Å². The predicted octanol–water partition coefficient (Wildman–Crippen LogP) is 5.18. The number of amides is 2. The number of aliphatic carboxylic acids is 1. The monoisotopic (exact) mass is 574 g/mol. The topological polar surface area (TPSA) is 113 Å². The van der Waals surface area contributed by atoms with Gasteiger partial charge in [0.1, 0.15) is 5.82 Å². The van der Waals surface area contributed by atoms with Crippen molar-refractivity contribution in [2.45, 2.75) is 57.4 Å². The predicted molar refractivity (Wildman–Crippen MR) is 157 cm³/mol. The number of pyridine rings is 1. The van der Waals surface area contributed by atoms with Crippen molar-refractivity contribution < 1.29 is 24.2 Å². The Morgan fingerprint density at radius 1 is 1.15 bits per heavy atom. The van der Waals surface area contributed by atoms with E-state index in [9.17, 15) is 19.5 Å².